The molecule has 0 aliphatic heterocycles. The van der Waals surface area contributed by atoms with Gasteiger partial charge in [0.25, 0.3) is 5.91 Å². The van der Waals surface area contributed by atoms with Gasteiger partial charge in [0.2, 0.25) is 0 Å². The van der Waals surface area contributed by atoms with E-state index in [4.69, 9.17) is 5.73 Å². The average molecular weight is 248 g/mol. The van der Waals surface area contributed by atoms with Gasteiger partial charge in [0.1, 0.15) is 5.69 Å². The van der Waals surface area contributed by atoms with Gasteiger partial charge in [0, 0.05) is 18.3 Å². The Labute approximate surface area is 103 Å². The third kappa shape index (κ3) is 3.25. The largest absolute Gasteiger partial charge is 0.397 e. The van der Waals surface area contributed by atoms with E-state index in [-0.39, 0.29) is 5.91 Å². The van der Waals surface area contributed by atoms with Crippen LogP contribution in [-0.4, -0.2) is 22.4 Å². The van der Waals surface area contributed by atoms with E-state index in [1.807, 2.05) is 5.38 Å². The van der Waals surface area contributed by atoms with E-state index in [0.29, 0.717) is 17.9 Å². The van der Waals surface area contributed by atoms with Crippen molar-refractivity contribution < 1.29 is 4.79 Å². The van der Waals surface area contributed by atoms with Crippen LogP contribution in [0, 0.1) is 0 Å². The van der Waals surface area contributed by atoms with E-state index in [1.54, 1.807) is 29.0 Å². The maximum atomic E-state index is 11.7. The highest BCUT2D eigenvalue weighted by molar-refractivity contribution is 7.07. The molecule has 2 aromatic rings. The number of nitrogens with two attached hydrogens (primary N) is 1. The minimum absolute atomic E-state index is 0.194. The van der Waals surface area contributed by atoms with Gasteiger partial charge >= 0.3 is 0 Å². The summed E-state index contributed by atoms with van der Waals surface area (Å²) in [6, 6.07) is 3.26. The number of amides is 1. The summed E-state index contributed by atoms with van der Waals surface area (Å²) in [7, 11) is 0. The molecule has 5 nitrogen and oxygen atoms in total. The van der Waals surface area contributed by atoms with E-state index < -0.39 is 0 Å². The molecule has 0 unspecified atom stereocenters. The van der Waals surface area contributed by atoms with Gasteiger partial charge in [-0.15, -0.1) is 11.3 Å². The maximum Gasteiger partial charge on any atom is 0.269 e. The fraction of sp³-hybridized carbons (Fsp3) is 0.182. The van der Waals surface area contributed by atoms with Crippen molar-refractivity contribution in [2.24, 2.45) is 0 Å². The summed E-state index contributed by atoms with van der Waals surface area (Å²) in [5.74, 6) is -0.194. The van der Waals surface area contributed by atoms with Crippen LogP contribution in [0.2, 0.25) is 0 Å². The molecule has 0 aromatic carbocycles. The number of nitrogens with zero attached hydrogens (tertiary/aromatic N) is 2. The number of pyridine rings is 1. The van der Waals surface area contributed by atoms with Crippen molar-refractivity contribution in [3.05, 3.63) is 40.6 Å². The van der Waals surface area contributed by atoms with Crippen molar-refractivity contribution in [2.75, 3.05) is 12.3 Å². The Morgan fingerprint density at radius 1 is 1.41 bits per heavy atom. The predicted molar refractivity (Wildman–Crippen MR) is 66.8 cm³/mol. The molecule has 0 saturated heterocycles. The van der Waals surface area contributed by atoms with Crippen LogP contribution >= 0.6 is 11.3 Å². The summed E-state index contributed by atoms with van der Waals surface area (Å²) in [6.45, 7) is 0.550. The number of thiazole rings is 1. The Balaban J connectivity index is 1.83. The molecule has 0 atom stereocenters. The van der Waals surface area contributed by atoms with Crippen LogP contribution in [0.5, 0.6) is 0 Å². The Morgan fingerprint density at radius 3 is 2.94 bits per heavy atom. The number of carbonyl (C=O) groups excluding carboxylic acids is 1. The number of nitrogens with one attached hydrogen (secondary N) is 1. The van der Waals surface area contributed by atoms with Gasteiger partial charge < -0.3 is 11.1 Å². The van der Waals surface area contributed by atoms with Crippen molar-refractivity contribution >= 4 is 22.9 Å². The summed E-state index contributed by atoms with van der Waals surface area (Å²) in [6.07, 6.45) is 2.19. The van der Waals surface area contributed by atoms with E-state index in [1.165, 1.54) is 6.20 Å². The number of aromatic nitrogens is 2. The number of carbonyl (C=O) groups is 1. The lowest BCUT2D eigenvalue weighted by Crippen LogP contribution is -2.26. The van der Waals surface area contributed by atoms with E-state index in [9.17, 15) is 4.79 Å². The van der Waals surface area contributed by atoms with Crippen LogP contribution in [0.1, 0.15) is 16.2 Å². The van der Waals surface area contributed by atoms with Crippen molar-refractivity contribution in [3.63, 3.8) is 0 Å². The molecule has 0 aliphatic rings. The normalized spacial score (nSPS) is 10.1. The molecule has 88 valence electrons. The van der Waals surface area contributed by atoms with Crippen LogP contribution in [0.15, 0.2) is 29.2 Å². The molecule has 17 heavy (non-hydrogen) atoms. The van der Waals surface area contributed by atoms with Gasteiger partial charge in [-0.1, -0.05) is 0 Å². The summed E-state index contributed by atoms with van der Waals surface area (Å²) >= 11 is 1.55. The number of rotatable bonds is 4. The first-order valence-electron chi connectivity index (χ1n) is 5.12. The van der Waals surface area contributed by atoms with E-state index in [2.05, 4.69) is 15.3 Å². The molecule has 0 saturated carbocycles. The maximum absolute atomic E-state index is 11.7. The highest BCUT2D eigenvalue weighted by Gasteiger charge is 2.05. The predicted octanol–water partition coefficient (Wildman–Crippen LogP) is 1.09. The van der Waals surface area contributed by atoms with Crippen molar-refractivity contribution in [1.29, 1.82) is 0 Å². The van der Waals surface area contributed by atoms with Gasteiger partial charge in [-0.3, -0.25) is 4.79 Å². The second-order valence-corrected chi connectivity index (χ2v) is 4.18. The zero-order valence-electron chi connectivity index (χ0n) is 9.09. The minimum atomic E-state index is -0.194. The molecule has 3 N–H and O–H groups in total. The molecular formula is C11H12N4OS. The second-order valence-electron chi connectivity index (χ2n) is 3.46. The molecular weight excluding hydrogens is 236 g/mol. The van der Waals surface area contributed by atoms with Crippen molar-refractivity contribution in [2.45, 2.75) is 6.42 Å². The van der Waals surface area contributed by atoms with Crippen molar-refractivity contribution in [1.82, 2.24) is 15.3 Å². The standard InChI is InChI=1S/C11H12N4OS/c12-8-1-2-10(14-5-8)11(16)13-4-3-9-6-17-7-15-9/h1-2,5-7H,3-4,12H2,(H,13,16). The molecule has 1 amide bonds. The van der Waals surface area contributed by atoms with Crippen molar-refractivity contribution in [3.8, 4) is 0 Å². The fourth-order valence-corrected chi connectivity index (χ4v) is 1.89. The summed E-state index contributed by atoms with van der Waals surface area (Å²) in [4.78, 5) is 19.7. The first-order chi connectivity index (χ1) is 8.25. The zero-order valence-corrected chi connectivity index (χ0v) is 9.91. The third-order valence-corrected chi connectivity index (χ3v) is 2.80. The molecule has 2 rings (SSSR count). The number of hydrogen-bond acceptors (Lipinski definition) is 5. The zero-order chi connectivity index (χ0) is 12.1. The van der Waals surface area contributed by atoms with Crippen LogP contribution in [0.3, 0.4) is 0 Å². The third-order valence-electron chi connectivity index (χ3n) is 2.17. The lowest BCUT2D eigenvalue weighted by molar-refractivity contribution is 0.0949. The lowest BCUT2D eigenvalue weighted by Gasteiger charge is -2.03. The number of hydrogen-bond donors (Lipinski definition) is 2. The van der Waals surface area contributed by atoms with Gasteiger partial charge in [-0.2, -0.15) is 0 Å². The van der Waals surface area contributed by atoms with Gasteiger partial charge in [-0.05, 0) is 12.1 Å². The summed E-state index contributed by atoms with van der Waals surface area (Å²) < 4.78 is 0. The highest BCUT2D eigenvalue weighted by Crippen LogP contribution is 2.02. The first kappa shape index (κ1) is 11.5. The quantitative estimate of drug-likeness (QED) is 0.848. The molecule has 2 aromatic heterocycles. The minimum Gasteiger partial charge on any atom is -0.397 e. The smallest absolute Gasteiger partial charge is 0.269 e. The Morgan fingerprint density at radius 2 is 2.29 bits per heavy atom. The average Bonchev–Trinajstić information content (AvgIpc) is 2.83. The molecule has 6 heteroatoms. The monoisotopic (exact) mass is 248 g/mol. The molecule has 0 radical (unpaired) electrons. The topological polar surface area (TPSA) is 80.9 Å². The van der Waals surface area contributed by atoms with Crippen LogP contribution in [0.4, 0.5) is 5.69 Å². The van der Waals surface area contributed by atoms with Gasteiger partial charge in [0.05, 0.1) is 23.1 Å². The molecule has 0 bridgehead atoms. The second kappa shape index (κ2) is 5.40. The van der Waals surface area contributed by atoms with E-state index in [0.717, 1.165) is 12.1 Å². The Bertz CT molecular complexity index is 481. The number of anilines is 1. The fourth-order valence-electron chi connectivity index (χ4n) is 1.30. The molecule has 0 spiro atoms. The molecule has 2 heterocycles. The summed E-state index contributed by atoms with van der Waals surface area (Å²) in [5, 5.41) is 4.74. The Hall–Kier alpha value is -1.95. The SMILES string of the molecule is Nc1ccc(C(=O)NCCc2cscn2)nc1. The Kier molecular flexibility index (Phi) is 3.66. The highest BCUT2D eigenvalue weighted by atomic mass is 32.1. The summed E-state index contributed by atoms with van der Waals surface area (Å²) in [5.41, 5.74) is 9.17. The molecule has 0 aliphatic carbocycles. The van der Waals surface area contributed by atoms with Gasteiger partial charge in [-0.25, -0.2) is 9.97 Å². The first-order valence-corrected chi connectivity index (χ1v) is 6.07. The van der Waals surface area contributed by atoms with Crippen LogP contribution < -0.4 is 11.1 Å². The van der Waals surface area contributed by atoms with Crippen LogP contribution in [0.25, 0.3) is 0 Å². The number of nitrogen functional groups attached to an aromatic ring is 1. The lowest BCUT2D eigenvalue weighted by atomic mass is 10.3. The van der Waals surface area contributed by atoms with E-state index >= 15 is 0 Å². The molecule has 0 fully saturated rings. The van der Waals surface area contributed by atoms with Gasteiger partial charge in [0.15, 0.2) is 0 Å². The van der Waals surface area contributed by atoms with Crippen LogP contribution in [-0.2, 0) is 6.42 Å².